The van der Waals surface area contributed by atoms with Crippen LogP contribution in [0.3, 0.4) is 0 Å². The van der Waals surface area contributed by atoms with E-state index in [0.29, 0.717) is 0 Å². The van der Waals surface area contributed by atoms with Crippen molar-refractivity contribution in [2.45, 2.75) is 25.8 Å². The van der Waals surface area contributed by atoms with E-state index in [1.54, 1.807) is 12.4 Å². The number of rotatable bonds is 6. The van der Waals surface area contributed by atoms with Crippen LogP contribution in [-0.4, -0.2) is 29.0 Å². The number of anilines is 3. The van der Waals surface area contributed by atoms with Gasteiger partial charge in [0, 0.05) is 48.8 Å². The fourth-order valence-electron chi connectivity index (χ4n) is 3.77. The molecule has 0 radical (unpaired) electrons. The number of benzene rings is 2. The predicted octanol–water partition coefficient (Wildman–Crippen LogP) is 4.50. The van der Waals surface area contributed by atoms with Gasteiger partial charge >= 0.3 is 0 Å². The van der Waals surface area contributed by atoms with E-state index in [0.717, 1.165) is 43.3 Å². The zero-order chi connectivity index (χ0) is 20.8. The Morgan fingerprint density at radius 3 is 2.23 bits per heavy atom. The largest absolute Gasteiger partial charge is 0.379 e. The van der Waals surface area contributed by atoms with Gasteiger partial charge in [-0.15, -0.1) is 0 Å². The number of nitrogens with zero attached hydrogens (tertiary/aromatic N) is 3. The first-order chi connectivity index (χ1) is 14.7. The first-order valence-corrected chi connectivity index (χ1v) is 10.4. The standard InChI is InChI=1S/C24H27N5O/c1-18(19-6-3-2-4-7-19)27-21-8-10-22(11-9-21)28-23(30)20-12-16-29(17-13-20)24-25-14-5-15-26-24/h2-11,14-15,18,20,27H,12-13,16-17H2,1H3,(H,28,30). The first kappa shape index (κ1) is 19.9. The lowest BCUT2D eigenvalue weighted by molar-refractivity contribution is -0.120. The molecule has 6 heteroatoms. The van der Waals surface area contributed by atoms with Gasteiger partial charge in [0.15, 0.2) is 0 Å². The monoisotopic (exact) mass is 401 g/mol. The van der Waals surface area contributed by atoms with Gasteiger partial charge in [-0.1, -0.05) is 30.3 Å². The molecule has 1 fully saturated rings. The third-order valence-electron chi connectivity index (χ3n) is 5.54. The lowest BCUT2D eigenvalue weighted by atomic mass is 9.96. The van der Waals surface area contributed by atoms with E-state index >= 15 is 0 Å². The topological polar surface area (TPSA) is 70.2 Å². The van der Waals surface area contributed by atoms with Crippen molar-refractivity contribution < 1.29 is 4.79 Å². The van der Waals surface area contributed by atoms with Crippen LogP contribution < -0.4 is 15.5 Å². The van der Waals surface area contributed by atoms with Crippen molar-refractivity contribution in [3.05, 3.63) is 78.6 Å². The van der Waals surface area contributed by atoms with Crippen LogP contribution in [0.1, 0.15) is 31.4 Å². The predicted molar refractivity (Wildman–Crippen MR) is 121 cm³/mol. The van der Waals surface area contributed by atoms with E-state index in [4.69, 9.17) is 0 Å². The summed E-state index contributed by atoms with van der Waals surface area (Å²) in [5, 5.41) is 6.55. The van der Waals surface area contributed by atoms with Gasteiger partial charge in [-0.2, -0.15) is 0 Å². The van der Waals surface area contributed by atoms with E-state index in [-0.39, 0.29) is 17.9 Å². The molecule has 0 bridgehead atoms. The molecule has 1 atom stereocenters. The fraction of sp³-hybridized carbons (Fsp3) is 0.292. The van der Waals surface area contributed by atoms with E-state index in [1.807, 2.05) is 48.5 Å². The maximum atomic E-state index is 12.7. The van der Waals surface area contributed by atoms with Crippen LogP contribution in [0.4, 0.5) is 17.3 Å². The van der Waals surface area contributed by atoms with Crippen LogP contribution >= 0.6 is 0 Å². The summed E-state index contributed by atoms with van der Waals surface area (Å²) in [6, 6.07) is 20.3. The second kappa shape index (κ2) is 9.39. The number of hydrogen-bond acceptors (Lipinski definition) is 5. The third kappa shape index (κ3) is 4.95. The lowest BCUT2D eigenvalue weighted by Crippen LogP contribution is -2.39. The molecule has 1 saturated heterocycles. The number of amides is 1. The SMILES string of the molecule is CC(Nc1ccc(NC(=O)C2CCN(c3ncccn3)CC2)cc1)c1ccccc1. The third-order valence-corrected chi connectivity index (χ3v) is 5.54. The van der Waals surface area contributed by atoms with Gasteiger partial charge in [0.05, 0.1) is 0 Å². The van der Waals surface area contributed by atoms with Crippen LogP contribution in [0, 0.1) is 5.92 Å². The molecule has 2 heterocycles. The number of nitrogens with one attached hydrogen (secondary N) is 2. The Balaban J connectivity index is 1.28. The van der Waals surface area contributed by atoms with Crippen molar-refractivity contribution in [2.24, 2.45) is 5.92 Å². The lowest BCUT2D eigenvalue weighted by Gasteiger charge is -2.31. The number of hydrogen-bond donors (Lipinski definition) is 2. The van der Waals surface area contributed by atoms with E-state index in [9.17, 15) is 4.79 Å². The van der Waals surface area contributed by atoms with Gasteiger partial charge in [0.1, 0.15) is 0 Å². The molecule has 1 aliphatic rings. The minimum absolute atomic E-state index is 0.0147. The second-order valence-electron chi connectivity index (χ2n) is 7.65. The molecule has 0 aliphatic carbocycles. The average Bonchev–Trinajstić information content (AvgIpc) is 2.81. The average molecular weight is 402 g/mol. The molecular weight excluding hydrogens is 374 g/mol. The number of carbonyl (C=O) groups is 1. The van der Waals surface area contributed by atoms with E-state index in [2.05, 4.69) is 44.6 Å². The van der Waals surface area contributed by atoms with Gasteiger partial charge < -0.3 is 15.5 Å². The summed E-state index contributed by atoms with van der Waals surface area (Å²) in [6.07, 6.45) is 5.11. The molecule has 154 valence electrons. The van der Waals surface area contributed by atoms with Crippen molar-refractivity contribution in [3.63, 3.8) is 0 Å². The highest BCUT2D eigenvalue weighted by Crippen LogP contribution is 2.24. The Kier molecular flexibility index (Phi) is 6.23. The highest BCUT2D eigenvalue weighted by Gasteiger charge is 2.26. The van der Waals surface area contributed by atoms with Gasteiger partial charge in [0.2, 0.25) is 11.9 Å². The molecule has 1 unspecified atom stereocenters. The molecule has 1 aromatic heterocycles. The first-order valence-electron chi connectivity index (χ1n) is 10.4. The second-order valence-corrected chi connectivity index (χ2v) is 7.65. The molecule has 2 aromatic carbocycles. The van der Waals surface area contributed by atoms with Crippen molar-refractivity contribution in [1.82, 2.24) is 9.97 Å². The van der Waals surface area contributed by atoms with Gasteiger partial charge in [-0.25, -0.2) is 9.97 Å². The van der Waals surface area contributed by atoms with Gasteiger partial charge in [-0.05, 0) is 55.7 Å². The Labute approximate surface area is 177 Å². The summed E-state index contributed by atoms with van der Waals surface area (Å²) in [4.78, 5) is 23.4. The van der Waals surface area contributed by atoms with Crippen molar-refractivity contribution >= 4 is 23.2 Å². The molecule has 1 aliphatic heterocycles. The number of carbonyl (C=O) groups excluding carboxylic acids is 1. The summed E-state index contributed by atoms with van der Waals surface area (Å²) >= 11 is 0. The molecule has 1 amide bonds. The fourth-order valence-corrected chi connectivity index (χ4v) is 3.77. The minimum atomic E-state index is 0.0147. The quantitative estimate of drug-likeness (QED) is 0.636. The van der Waals surface area contributed by atoms with Gasteiger partial charge in [0.25, 0.3) is 0 Å². The Morgan fingerprint density at radius 1 is 0.933 bits per heavy atom. The summed E-state index contributed by atoms with van der Waals surface area (Å²) in [5.74, 6) is 0.840. The minimum Gasteiger partial charge on any atom is -0.379 e. The molecule has 0 saturated carbocycles. The highest BCUT2D eigenvalue weighted by molar-refractivity contribution is 5.92. The Bertz CT molecular complexity index is 938. The van der Waals surface area contributed by atoms with Crippen molar-refractivity contribution in [1.29, 1.82) is 0 Å². The summed E-state index contributed by atoms with van der Waals surface area (Å²) in [7, 11) is 0. The number of piperidine rings is 1. The molecule has 30 heavy (non-hydrogen) atoms. The highest BCUT2D eigenvalue weighted by atomic mass is 16.1. The van der Waals surface area contributed by atoms with Crippen LogP contribution in [0.5, 0.6) is 0 Å². The zero-order valence-corrected chi connectivity index (χ0v) is 17.2. The molecule has 4 rings (SSSR count). The molecule has 0 spiro atoms. The molecule has 6 nitrogen and oxygen atoms in total. The molecule has 2 N–H and O–H groups in total. The number of aromatic nitrogens is 2. The Hall–Kier alpha value is -3.41. The summed E-state index contributed by atoms with van der Waals surface area (Å²) in [6.45, 7) is 3.72. The van der Waals surface area contributed by atoms with Crippen LogP contribution in [0.25, 0.3) is 0 Å². The molecule has 3 aromatic rings. The smallest absolute Gasteiger partial charge is 0.227 e. The van der Waals surface area contributed by atoms with Crippen LogP contribution in [0.15, 0.2) is 73.1 Å². The van der Waals surface area contributed by atoms with E-state index in [1.165, 1.54) is 5.56 Å². The maximum Gasteiger partial charge on any atom is 0.227 e. The summed E-state index contributed by atoms with van der Waals surface area (Å²) in [5.41, 5.74) is 3.09. The normalized spacial score (nSPS) is 15.4. The summed E-state index contributed by atoms with van der Waals surface area (Å²) < 4.78 is 0. The zero-order valence-electron chi connectivity index (χ0n) is 17.2. The van der Waals surface area contributed by atoms with Crippen LogP contribution in [0.2, 0.25) is 0 Å². The maximum absolute atomic E-state index is 12.7. The van der Waals surface area contributed by atoms with Crippen LogP contribution in [-0.2, 0) is 4.79 Å². The van der Waals surface area contributed by atoms with E-state index < -0.39 is 0 Å². The van der Waals surface area contributed by atoms with Gasteiger partial charge in [-0.3, -0.25) is 4.79 Å². The van der Waals surface area contributed by atoms with Crippen molar-refractivity contribution in [2.75, 3.05) is 28.6 Å². The van der Waals surface area contributed by atoms with Crippen molar-refractivity contribution in [3.8, 4) is 0 Å². The Morgan fingerprint density at radius 2 is 1.57 bits per heavy atom. The molecular formula is C24H27N5O.